The van der Waals surface area contributed by atoms with E-state index in [1.165, 1.54) is 11.6 Å². The van der Waals surface area contributed by atoms with Crippen molar-refractivity contribution in [3.63, 3.8) is 0 Å². The third-order valence-corrected chi connectivity index (χ3v) is 5.55. The third-order valence-electron chi connectivity index (χ3n) is 5.22. The predicted octanol–water partition coefficient (Wildman–Crippen LogP) is 5.25. The number of aromatic amines is 1. The van der Waals surface area contributed by atoms with Gasteiger partial charge in [-0.1, -0.05) is 11.6 Å². The summed E-state index contributed by atoms with van der Waals surface area (Å²) in [6.45, 7) is 0.973. The Morgan fingerprint density at radius 3 is 2.68 bits per heavy atom. The van der Waals surface area contributed by atoms with Crippen LogP contribution in [0.2, 0.25) is 5.02 Å². The molecule has 4 nitrogen and oxygen atoms in total. The van der Waals surface area contributed by atoms with Gasteiger partial charge in [-0.05, 0) is 54.7 Å². The first-order chi connectivity index (χ1) is 13.3. The molecule has 0 atom stereocenters. The lowest BCUT2D eigenvalue weighted by atomic mass is 9.89. The molecule has 0 radical (unpaired) electrons. The quantitative estimate of drug-likeness (QED) is 0.630. The number of nitrogens with one attached hydrogen (secondary N) is 1. The fraction of sp³-hybridized carbons (Fsp3) is 0.300. The molecule has 0 bridgehead atoms. The molecule has 1 N–H and O–H groups in total. The number of carbonyl (C=O) groups is 1. The number of amides is 1. The van der Waals surface area contributed by atoms with Gasteiger partial charge in [0.15, 0.2) is 0 Å². The summed E-state index contributed by atoms with van der Waals surface area (Å²) in [6, 6.07) is 7.21. The Hall–Kier alpha value is -2.54. The number of aromatic nitrogens is 2. The number of fused-ring (bicyclic) bond motifs is 1. The van der Waals surface area contributed by atoms with Crippen LogP contribution in [0, 0.1) is 0 Å². The first-order valence-corrected chi connectivity index (χ1v) is 9.30. The second-order valence-electron chi connectivity index (χ2n) is 6.90. The van der Waals surface area contributed by atoms with Crippen molar-refractivity contribution in [2.24, 2.45) is 0 Å². The highest BCUT2D eigenvalue weighted by Gasteiger charge is 2.34. The van der Waals surface area contributed by atoms with E-state index in [4.69, 9.17) is 11.6 Å². The highest BCUT2D eigenvalue weighted by atomic mass is 35.5. The van der Waals surface area contributed by atoms with E-state index in [1.807, 2.05) is 18.3 Å². The van der Waals surface area contributed by atoms with Crippen LogP contribution in [0.4, 0.5) is 13.2 Å². The van der Waals surface area contributed by atoms with E-state index >= 15 is 0 Å². The Bertz CT molecular complexity index is 1020. The first-order valence-electron chi connectivity index (χ1n) is 8.92. The van der Waals surface area contributed by atoms with E-state index in [-0.39, 0.29) is 11.5 Å². The number of hydrogen-bond donors (Lipinski definition) is 1. The molecule has 1 aromatic carbocycles. The summed E-state index contributed by atoms with van der Waals surface area (Å²) < 4.78 is 39.2. The van der Waals surface area contributed by atoms with Crippen molar-refractivity contribution in [3.8, 4) is 0 Å². The Balaban J connectivity index is 1.49. The Kier molecular flexibility index (Phi) is 4.79. The number of piperidine rings is 1. The topological polar surface area (TPSA) is 49.0 Å². The van der Waals surface area contributed by atoms with Crippen molar-refractivity contribution in [1.29, 1.82) is 0 Å². The SMILES string of the molecule is O=C(c1ccc(Cl)c(C(F)(F)F)c1)N1CCC(c2c[nH]c3ncccc23)CC1. The normalized spacial score (nSPS) is 15.9. The highest BCUT2D eigenvalue weighted by Crippen LogP contribution is 2.36. The lowest BCUT2D eigenvalue weighted by Crippen LogP contribution is -2.38. The lowest BCUT2D eigenvalue weighted by Gasteiger charge is -2.32. The molecule has 0 unspecified atom stereocenters. The molecule has 28 heavy (non-hydrogen) atoms. The molecule has 1 aliphatic heterocycles. The highest BCUT2D eigenvalue weighted by molar-refractivity contribution is 6.31. The van der Waals surface area contributed by atoms with Crippen molar-refractivity contribution in [3.05, 3.63) is 64.4 Å². The number of halogens is 4. The van der Waals surface area contributed by atoms with Gasteiger partial charge in [0.1, 0.15) is 5.65 Å². The number of pyridine rings is 1. The largest absolute Gasteiger partial charge is 0.417 e. The summed E-state index contributed by atoms with van der Waals surface area (Å²) in [5.74, 6) is -0.126. The van der Waals surface area contributed by atoms with E-state index in [0.29, 0.717) is 13.1 Å². The van der Waals surface area contributed by atoms with Gasteiger partial charge in [0, 0.05) is 36.4 Å². The molecule has 0 aliphatic carbocycles. The summed E-state index contributed by atoms with van der Waals surface area (Å²) >= 11 is 5.64. The van der Waals surface area contributed by atoms with Gasteiger partial charge in [-0.2, -0.15) is 13.2 Å². The van der Waals surface area contributed by atoms with E-state index in [0.717, 1.165) is 36.0 Å². The van der Waals surface area contributed by atoms with Crippen LogP contribution in [-0.4, -0.2) is 33.9 Å². The zero-order valence-corrected chi connectivity index (χ0v) is 15.5. The summed E-state index contributed by atoms with van der Waals surface area (Å²) in [4.78, 5) is 21.8. The van der Waals surface area contributed by atoms with Crippen molar-refractivity contribution >= 4 is 28.5 Å². The van der Waals surface area contributed by atoms with Crippen LogP contribution < -0.4 is 0 Å². The summed E-state index contributed by atoms with van der Waals surface area (Å²) in [5.41, 5.74) is 1.02. The van der Waals surface area contributed by atoms with Gasteiger partial charge in [-0.3, -0.25) is 4.79 Å². The molecule has 1 saturated heterocycles. The van der Waals surface area contributed by atoms with E-state index < -0.39 is 22.7 Å². The molecule has 1 fully saturated rings. The van der Waals surface area contributed by atoms with Gasteiger partial charge in [0.25, 0.3) is 5.91 Å². The minimum atomic E-state index is -4.59. The molecule has 1 aliphatic rings. The van der Waals surface area contributed by atoms with Gasteiger partial charge in [-0.25, -0.2) is 4.98 Å². The molecule has 3 aromatic rings. The minimum Gasteiger partial charge on any atom is -0.346 e. The van der Waals surface area contributed by atoms with Gasteiger partial charge in [0.05, 0.1) is 10.6 Å². The number of likely N-dealkylation sites (tertiary alicyclic amines) is 1. The third kappa shape index (κ3) is 3.46. The number of nitrogens with zero attached hydrogens (tertiary/aromatic N) is 2. The fourth-order valence-corrected chi connectivity index (χ4v) is 3.99. The smallest absolute Gasteiger partial charge is 0.346 e. The van der Waals surface area contributed by atoms with Crippen LogP contribution >= 0.6 is 11.6 Å². The Morgan fingerprint density at radius 1 is 1.21 bits per heavy atom. The maximum absolute atomic E-state index is 13.1. The molecule has 1 amide bonds. The van der Waals surface area contributed by atoms with Crippen molar-refractivity contribution in [2.45, 2.75) is 24.9 Å². The molecule has 4 rings (SSSR count). The van der Waals surface area contributed by atoms with Crippen LogP contribution in [-0.2, 0) is 6.18 Å². The number of rotatable bonds is 2. The number of benzene rings is 1. The lowest BCUT2D eigenvalue weighted by molar-refractivity contribution is -0.137. The molecule has 3 heterocycles. The standard InChI is InChI=1S/C20H17ClF3N3O/c21-17-4-3-13(10-16(17)20(22,23)24)19(28)27-8-5-12(6-9-27)15-11-26-18-14(15)2-1-7-25-18/h1-4,7,10-12H,5-6,8-9H2,(H,25,26). The van der Waals surface area contributed by atoms with Crippen LogP contribution in [0.5, 0.6) is 0 Å². The second-order valence-corrected chi connectivity index (χ2v) is 7.31. The van der Waals surface area contributed by atoms with E-state index in [9.17, 15) is 18.0 Å². The van der Waals surface area contributed by atoms with Crippen LogP contribution in [0.3, 0.4) is 0 Å². The van der Waals surface area contributed by atoms with Crippen LogP contribution in [0.25, 0.3) is 11.0 Å². The molecule has 0 saturated carbocycles. The summed E-state index contributed by atoms with van der Waals surface area (Å²) in [5, 5.41) is 0.663. The maximum atomic E-state index is 13.1. The number of H-pyrrole nitrogens is 1. The van der Waals surface area contributed by atoms with Crippen molar-refractivity contribution in [2.75, 3.05) is 13.1 Å². The minimum absolute atomic E-state index is 0.00599. The maximum Gasteiger partial charge on any atom is 0.417 e. The second kappa shape index (κ2) is 7.13. The van der Waals surface area contributed by atoms with E-state index in [2.05, 4.69) is 9.97 Å². The van der Waals surface area contributed by atoms with Gasteiger partial charge < -0.3 is 9.88 Å². The van der Waals surface area contributed by atoms with Crippen molar-refractivity contribution in [1.82, 2.24) is 14.9 Å². The number of hydrogen-bond acceptors (Lipinski definition) is 2. The van der Waals surface area contributed by atoms with Gasteiger partial charge in [-0.15, -0.1) is 0 Å². The van der Waals surface area contributed by atoms with Gasteiger partial charge >= 0.3 is 6.18 Å². The number of carbonyl (C=O) groups excluding carboxylic acids is 1. The fourth-order valence-electron chi connectivity index (χ4n) is 3.77. The van der Waals surface area contributed by atoms with Crippen LogP contribution in [0.15, 0.2) is 42.7 Å². The Morgan fingerprint density at radius 2 is 1.96 bits per heavy atom. The van der Waals surface area contributed by atoms with Crippen LogP contribution in [0.1, 0.15) is 40.2 Å². The average molecular weight is 408 g/mol. The summed E-state index contributed by atoms with van der Waals surface area (Å²) in [6.07, 6.45) is 0.574. The molecular formula is C20H17ClF3N3O. The summed E-state index contributed by atoms with van der Waals surface area (Å²) in [7, 11) is 0. The average Bonchev–Trinajstić information content (AvgIpc) is 3.11. The van der Waals surface area contributed by atoms with Gasteiger partial charge in [0.2, 0.25) is 0 Å². The first kappa shape index (κ1) is 18.8. The predicted molar refractivity (Wildman–Crippen MR) is 100 cm³/mol. The molecular weight excluding hydrogens is 391 g/mol. The van der Waals surface area contributed by atoms with E-state index in [1.54, 1.807) is 11.1 Å². The molecule has 146 valence electrons. The molecule has 8 heteroatoms. The monoisotopic (exact) mass is 407 g/mol. The molecule has 2 aromatic heterocycles. The number of alkyl halides is 3. The zero-order chi connectivity index (χ0) is 19.9. The Labute approximate surface area is 164 Å². The molecule has 0 spiro atoms. The zero-order valence-electron chi connectivity index (χ0n) is 14.8. The van der Waals surface area contributed by atoms with Crippen molar-refractivity contribution < 1.29 is 18.0 Å².